The van der Waals surface area contributed by atoms with Crippen LogP contribution >= 0.6 is 11.3 Å². The summed E-state index contributed by atoms with van der Waals surface area (Å²) in [4.78, 5) is 33.1. The minimum atomic E-state index is -0.422. The predicted molar refractivity (Wildman–Crippen MR) is 155 cm³/mol. The Morgan fingerprint density at radius 2 is 1.85 bits per heavy atom. The van der Waals surface area contributed by atoms with Gasteiger partial charge in [0.15, 0.2) is 0 Å². The third kappa shape index (κ3) is 6.45. The van der Waals surface area contributed by atoms with Crippen LogP contribution in [0.5, 0.6) is 0 Å². The Kier molecular flexibility index (Phi) is 8.54. The topological polar surface area (TPSA) is 120 Å². The van der Waals surface area contributed by atoms with Crippen LogP contribution in [0.3, 0.4) is 0 Å². The number of hydrogen-bond donors (Lipinski definition) is 5. The van der Waals surface area contributed by atoms with Gasteiger partial charge in [0.1, 0.15) is 23.8 Å². The number of carbonyl (C=O) groups is 2. The number of thiazole rings is 1. The molecule has 3 saturated heterocycles. The molecule has 0 spiro atoms. The summed E-state index contributed by atoms with van der Waals surface area (Å²) in [5.41, 5.74) is 1.88. The largest absolute Gasteiger partial charge is 0.445 e. The highest BCUT2D eigenvalue weighted by molar-refractivity contribution is 7.18. The second-order valence-corrected chi connectivity index (χ2v) is 11.8. The van der Waals surface area contributed by atoms with Gasteiger partial charge in [-0.3, -0.25) is 20.3 Å². The lowest BCUT2D eigenvalue weighted by atomic mass is 9.99. The summed E-state index contributed by atoms with van der Waals surface area (Å²) in [5.74, 6) is -0.442. The number of para-hydroxylation sites is 1. The Morgan fingerprint density at radius 1 is 1.05 bits per heavy atom. The van der Waals surface area contributed by atoms with Crippen molar-refractivity contribution >= 4 is 33.6 Å². The number of likely N-dealkylation sites (tertiary alicyclic amines) is 1. The number of nitrogens with zero attached hydrogens (tertiary/aromatic N) is 2. The summed E-state index contributed by atoms with van der Waals surface area (Å²) in [7, 11) is 0. The number of aromatic nitrogens is 1. The van der Waals surface area contributed by atoms with Crippen molar-refractivity contribution in [1.29, 1.82) is 0 Å². The zero-order valence-corrected chi connectivity index (χ0v) is 23.3. The monoisotopic (exact) mass is 563 g/mol. The summed E-state index contributed by atoms with van der Waals surface area (Å²) in [5, 5.41) is 17.9. The van der Waals surface area contributed by atoms with Crippen molar-refractivity contribution in [2.45, 2.75) is 62.7 Å². The molecule has 2 amide bonds. The lowest BCUT2D eigenvalue weighted by Gasteiger charge is -2.45. The molecule has 4 atom stereocenters. The predicted octanol–water partition coefficient (Wildman–Crippen LogP) is 2.44. The van der Waals surface area contributed by atoms with Crippen LogP contribution in [0, 0.1) is 0 Å². The lowest BCUT2D eigenvalue weighted by molar-refractivity contribution is -0.130. The minimum Gasteiger partial charge on any atom is -0.445 e. The molecule has 0 saturated carbocycles. The maximum Gasteiger partial charge on any atom is 0.407 e. The van der Waals surface area contributed by atoms with Gasteiger partial charge < -0.3 is 20.7 Å². The van der Waals surface area contributed by atoms with Gasteiger partial charge in [0.25, 0.3) is 0 Å². The molecule has 3 fully saturated rings. The van der Waals surface area contributed by atoms with Crippen LogP contribution in [0.1, 0.15) is 42.2 Å². The first-order valence-electron chi connectivity index (χ1n) is 14.2. The molecule has 0 radical (unpaired) electrons. The number of nitrogens with one attached hydrogen (secondary N) is 5. The SMILES string of the molecule is O=C(NC1CCN(C2NC(=O)C(c3nc4ccccc4s3)C(N[C@@H]3CCCNC3)N2)CC1)OCc1ccccc1. The third-order valence-electron chi connectivity index (χ3n) is 7.95. The van der Waals surface area contributed by atoms with Crippen molar-refractivity contribution in [2.75, 3.05) is 26.2 Å². The van der Waals surface area contributed by atoms with Crippen molar-refractivity contribution in [3.05, 3.63) is 65.2 Å². The quantitative estimate of drug-likeness (QED) is 0.298. The number of ether oxygens (including phenoxy) is 1. The van der Waals surface area contributed by atoms with Crippen molar-refractivity contribution in [1.82, 2.24) is 36.5 Å². The van der Waals surface area contributed by atoms with E-state index in [-0.39, 0.29) is 37.1 Å². The second kappa shape index (κ2) is 12.6. The van der Waals surface area contributed by atoms with Crippen LogP contribution in [0.2, 0.25) is 0 Å². The van der Waals surface area contributed by atoms with Gasteiger partial charge in [-0.05, 0) is 49.9 Å². The highest BCUT2D eigenvalue weighted by Crippen LogP contribution is 2.31. The maximum atomic E-state index is 13.6. The standard InChI is InChI=1S/C29H37N7O3S/c37-26-24(27-33-22-10-4-5-11-23(22)40-27)25(31-21-9-6-14-30-17-21)34-28(35-26)36-15-12-20(13-16-36)32-29(38)39-18-19-7-2-1-3-8-19/h1-5,7-8,10-11,20-21,24-25,28,30-31,34H,6,9,12-18H2,(H,32,38)(H,35,37)/t21-,24?,25?,28?/m1/s1. The van der Waals surface area contributed by atoms with Crippen molar-refractivity contribution in [3.63, 3.8) is 0 Å². The van der Waals surface area contributed by atoms with E-state index in [1.807, 2.05) is 48.5 Å². The first-order valence-corrected chi connectivity index (χ1v) is 15.0. The normalized spacial score (nSPS) is 26.4. The van der Waals surface area contributed by atoms with Gasteiger partial charge in [0, 0.05) is 31.7 Å². The minimum absolute atomic E-state index is 0.0196. The molecule has 40 heavy (non-hydrogen) atoms. The second-order valence-electron chi connectivity index (χ2n) is 10.8. The Morgan fingerprint density at radius 3 is 2.62 bits per heavy atom. The number of alkyl carbamates (subject to hydrolysis) is 1. The van der Waals surface area contributed by atoms with Crippen molar-refractivity contribution < 1.29 is 14.3 Å². The number of carbonyl (C=O) groups excluding carboxylic acids is 2. The molecular weight excluding hydrogens is 526 g/mol. The zero-order valence-electron chi connectivity index (χ0n) is 22.5. The van der Waals surface area contributed by atoms with Crippen LogP contribution in [0.15, 0.2) is 54.6 Å². The van der Waals surface area contributed by atoms with Gasteiger partial charge in [-0.2, -0.15) is 0 Å². The summed E-state index contributed by atoms with van der Waals surface area (Å²) < 4.78 is 6.48. The first-order chi connectivity index (χ1) is 19.6. The fraction of sp³-hybridized carbons (Fsp3) is 0.483. The van der Waals surface area contributed by atoms with E-state index in [0.29, 0.717) is 0 Å². The number of piperidine rings is 2. The van der Waals surface area contributed by atoms with E-state index in [9.17, 15) is 9.59 Å². The lowest BCUT2D eigenvalue weighted by Crippen LogP contribution is -2.71. The Labute approximate surface area is 238 Å². The van der Waals surface area contributed by atoms with Gasteiger partial charge in [-0.1, -0.05) is 42.5 Å². The molecule has 2 aromatic carbocycles. The van der Waals surface area contributed by atoms with Crippen molar-refractivity contribution in [3.8, 4) is 0 Å². The fourth-order valence-electron chi connectivity index (χ4n) is 5.78. The highest BCUT2D eigenvalue weighted by Gasteiger charge is 2.42. The number of benzene rings is 2. The molecule has 6 rings (SSSR count). The Balaban J connectivity index is 1.07. The summed E-state index contributed by atoms with van der Waals surface area (Å²) >= 11 is 1.59. The van der Waals surface area contributed by atoms with Gasteiger partial charge >= 0.3 is 6.09 Å². The van der Waals surface area contributed by atoms with Crippen LogP contribution in [0.25, 0.3) is 10.2 Å². The highest BCUT2D eigenvalue weighted by atomic mass is 32.1. The van der Waals surface area contributed by atoms with E-state index in [0.717, 1.165) is 72.7 Å². The van der Waals surface area contributed by atoms with E-state index in [1.165, 1.54) is 0 Å². The molecule has 3 unspecified atom stereocenters. The molecule has 4 heterocycles. The van der Waals surface area contributed by atoms with E-state index in [1.54, 1.807) is 11.3 Å². The summed E-state index contributed by atoms with van der Waals surface area (Å²) in [6.45, 7) is 3.65. The smallest absolute Gasteiger partial charge is 0.407 e. The Bertz CT molecular complexity index is 1260. The Hall–Kier alpha value is -3.09. The average Bonchev–Trinajstić information content (AvgIpc) is 3.41. The van der Waals surface area contributed by atoms with Gasteiger partial charge in [-0.25, -0.2) is 9.78 Å². The molecule has 10 nitrogen and oxygen atoms in total. The fourth-order valence-corrected chi connectivity index (χ4v) is 6.89. The molecular formula is C29H37N7O3S. The molecule has 3 aliphatic rings. The molecule has 0 bridgehead atoms. The van der Waals surface area contributed by atoms with E-state index < -0.39 is 12.0 Å². The van der Waals surface area contributed by atoms with E-state index in [4.69, 9.17) is 9.72 Å². The molecule has 3 aliphatic heterocycles. The molecule has 1 aromatic heterocycles. The molecule has 11 heteroatoms. The van der Waals surface area contributed by atoms with Crippen LogP contribution in [-0.2, 0) is 16.1 Å². The van der Waals surface area contributed by atoms with Gasteiger partial charge in [-0.15, -0.1) is 11.3 Å². The summed E-state index contributed by atoms with van der Waals surface area (Å²) in [6, 6.07) is 18.0. The number of hydrogen-bond acceptors (Lipinski definition) is 9. The zero-order chi connectivity index (χ0) is 27.3. The molecule has 5 N–H and O–H groups in total. The average molecular weight is 564 g/mol. The molecule has 3 aromatic rings. The first kappa shape index (κ1) is 27.1. The number of rotatable bonds is 7. The van der Waals surface area contributed by atoms with Crippen LogP contribution < -0.4 is 26.6 Å². The van der Waals surface area contributed by atoms with E-state index in [2.05, 4.69) is 37.6 Å². The van der Waals surface area contributed by atoms with Crippen LogP contribution in [0.4, 0.5) is 4.79 Å². The van der Waals surface area contributed by atoms with E-state index >= 15 is 0 Å². The van der Waals surface area contributed by atoms with Gasteiger partial charge in [0.05, 0.1) is 16.4 Å². The summed E-state index contributed by atoms with van der Waals surface area (Å²) in [6.07, 6.45) is 2.81. The molecule has 212 valence electrons. The molecule has 0 aliphatic carbocycles. The van der Waals surface area contributed by atoms with Crippen LogP contribution in [-0.4, -0.2) is 72.6 Å². The third-order valence-corrected chi connectivity index (χ3v) is 9.07. The number of amides is 2. The maximum absolute atomic E-state index is 13.6. The van der Waals surface area contributed by atoms with Crippen molar-refractivity contribution in [2.24, 2.45) is 0 Å². The number of fused-ring (bicyclic) bond motifs is 1. The van der Waals surface area contributed by atoms with Gasteiger partial charge in [0.2, 0.25) is 5.91 Å².